The second kappa shape index (κ2) is 4.56. The minimum absolute atomic E-state index is 0.166. The largest absolute Gasteiger partial charge is 0.333 e. The van der Waals surface area contributed by atoms with Gasteiger partial charge in [-0.1, -0.05) is 12.1 Å². The van der Waals surface area contributed by atoms with Crippen LogP contribution in [0.15, 0.2) is 18.2 Å². The highest BCUT2D eigenvalue weighted by Gasteiger charge is 2.13. The predicted octanol–water partition coefficient (Wildman–Crippen LogP) is 3.22. The molecule has 0 bridgehead atoms. The van der Waals surface area contributed by atoms with Crippen molar-refractivity contribution in [2.24, 2.45) is 0 Å². The topological polar surface area (TPSA) is 41.1 Å². The van der Waals surface area contributed by atoms with Gasteiger partial charge >= 0.3 is 6.03 Å². The third-order valence-electron chi connectivity index (χ3n) is 2.13. The average Bonchev–Trinajstić information content (AvgIpc) is 2.08. The molecule has 0 atom stereocenters. The molecular formula is C13H20N2O. The van der Waals surface area contributed by atoms with Gasteiger partial charge < -0.3 is 10.6 Å². The van der Waals surface area contributed by atoms with Crippen LogP contribution in [0.5, 0.6) is 0 Å². The summed E-state index contributed by atoms with van der Waals surface area (Å²) in [6, 6.07) is 5.84. The van der Waals surface area contributed by atoms with Gasteiger partial charge in [0, 0.05) is 11.2 Å². The smallest absolute Gasteiger partial charge is 0.319 e. The second-order valence-corrected chi connectivity index (χ2v) is 5.15. The van der Waals surface area contributed by atoms with E-state index < -0.39 is 0 Å². The molecule has 0 aliphatic carbocycles. The summed E-state index contributed by atoms with van der Waals surface area (Å²) < 4.78 is 0. The first-order chi connectivity index (χ1) is 7.28. The first-order valence-corrected chi connectivity index (χ1v) is 5.44. The standard InChI is InChI=1S/C13H20N2O/c1-9-6-7-10(2)11(8-9)14-12(16)15-13(3,4)5/h6-8H,1-5H3,(H2,14,15,16). The lowest BCUT2D eigenvalue weighted by molar-refractivity contribution is 0.244. The summed E-state index contributed by atoms with van der Waals surface area (Å²) in [6.07, 6.45) is 0. The lowest BCUT2D eigenvalue weighted by Crippen LogP contribution is -2.43. The Kier molecular flexibility index (Phi) is 3.58. The number of rotatable bonds is 1. The first-order valence-electron chi connectivity index (χ1n) is 5.44. The molecule has 2 N–H and O–H groups in total. The van der Waals surface area contributed by atoms with E-state index in [9.17, 15) is 4.79 Å². The second-order valence-electron chi connectivity index (χ2n) is 5.15. The molecule has 0 aliphatic heterocycles. The number of nitrogens with one attached hydrogen (secondary N) is 2. The van der Waals surface area contributed by atoms with Crippen molar-refractivity contribution in [2.75, 3.05) is 5.32 Å². The Hall–Kier alpha value is -1.51. The van der Waals surface area contributed by atoms with Crippen LogP contribution in [0, 0.1) is 13.8 Å². The van der Waals surface area contributed by atoms with Gasteiger partial charge in [-0.2, -0.15) is 0 Å². The zero-order valence-corrected chi connectivity index (χ0v) is 10.6. The Morgan fingerprint density at radius 3 is 2.38 bits per heavy atom. The average molecular weight is 220 g/mol. The van der Waals surface area contributed by atoms with Gasteiger partial charge in [0.25, 0.3) is 0 Å². The van der Waals surface area contributed by atoms with Crippen LogP contribution in [-0.4, -0.2) is 11.6 Å². The summed E-state index contributed by atoms with van der Waals surface area (Å²) in [4.78, 5) is 11.7. The third kappa shape index (κ3) is 3.93. The molecule has 0 unspecified atom stereocenters. The lowest BCUT2D eigenvalue weighted by Gasteiger charge is -2.21. The van der Waals surface area contributed by atoms with Crippen molar-refractivity contribution in [3.63, 3.8) is 0 Å². The third-order valence-corrected chi connectivity index (χ3v) is 2.13. The van der Waals surface area contributed by atoms with Gasteiger partial charge in [-0.3, -0.25) is 0 Å². The molecule has 88 valence electrons. The van der Waals surface area contributed by atoms with Crippen LogP contribution in [-0.2, 0) is 0 Å². The van der Waals surface area contributed by atoms with Crippen molar-refractivity contribution in [1.82, 2.24) is 5.32 Å². The molecule has 1 rings (SSSR count). The SMILES string of the molecule is Cc1ccc(C)c(NC(=O)NC(C)(C)C)c1. The summed E-state index contributed by atoms with van der Waals surface area (Å²) in [5, 5.41) is 5.72. The Morgan fingerprint density at radius 2 is 1.81 bits per heavy atom. The van der Waals surface area contributed by atoms with E-state index in [4.69, 9.17) is 0 Å². The molecule has 1 aromatic carbocycles. The Morgan fingerprint density at radius 1 is 1.19 bits per heavy atom. The Bertz CT molecular complexity index is 391. The molecule has 2 amide bonds. The Balaban J connectivity index is 2.73. The maximum absolute atomic E-state index is 11.7. The number of carbonyl (C=O) groups excluding carboxylic acids is 1. The number of carbonyl (C=O) groups is 1. The molecule has 0 saturated carbocycles. The van der Waals surface area contributed by atoms with Crippen LogP contribution in [0.25, 0.3) is 0 Å². The highest BCUT2D eigenvalue weighted by molar-refractivity contribution is 5.90. The maximum Gasteiger partial charge on any atom is 0.319 e. The molecule has 0 saturated heterocycles. The van der Waals surface area contributed by atoms with Crippen molar-refractivity contribution >= 4 is 11.7 Å². The number of anilines is 1. The highest BCUT2D eigenvalue weighted by atomic mass is 16.2. The summed E-state index contributed by atoms with van der Waals surface area (Å²) in [5.41, 5.74) is 2.84. The molecule has 0 spiro atoms. The van der Waals surface area contributed by atoms with Gasteiger partial charge in [-0.15, -0.1) is 0 Å². The fourth-order valence-electron chi connectivity index (χ4n) is 1.36. The number of benzene rings is 1. The molecule has 0 fully saturated rings. The van der Waals surface area contributed by atoms with E-state index in [2.05, 4.69) is 10.6 Å². The van der Waals surface area contributed by atoms with E-state index in [-0.39, 0.29) is 11.6 Å². The number of urea groups is 1. The number of hydrogen-bond donors (Lipinski definition) is 2. The quantitative estimate of drug-likeness (QED) is 0.749. The highest BCUT2D eigenvalue weighted by Crippen LogP contribution is 2.16. The number of aryl methyl sites for hydroxylation is 2. The zero-order chi connectivity index (χ0) is 12.3. The molecular weight excluding hydrogens is 200 g/mol. The lowest BCUT2D eigenvalue weighted by atomic mass is 10.1. The van der Waals surface area contributed by atoms with Gasteiger partial charge in [-0.25, -0.2) is 4.79 Å². The van der Waals surface area contributed by atoms with Gasteiger partial charge in [0.05, 0.1) is 0 Å². The fraction of sp³-hybridized carbons (Fsp3) is 0.462. The van der Waals surface area contributed by atoms with Gasteiger partial charge in [0.1, 0.15) is 0 Å². The molecule has 3 heteroatoms. The van der Waals surface area contributed by atoms with Crippen molar-refractivity contribution < 1.29 is 4.79 Å². The number of hydrogen-bond acceptors (Lipinski definition) is 1. The first kappa shape index (κ1) is 12.6. The van der Waals surface area contributed by atoms with Gasteiger partial charge in [0.2, 0.25) is 0 Å². The van der Waals surface area contributed by atoms with Crippen LogP contribution in [0.1, 0.15) is 31.9 Å². The molecule has 3 nitrogen and oxygen atoms in total. The molecule has 0 radical (unpaired) electrons. The van der Waals surface area contributed by atoms with Crippen LogP contribution in [0.4, 0.5) is 10.5 Å². The minimum Gasteiger partial charge on any atom is -0.333 e. The van der Waals surface area contributed by atoms with Crippen molar-refractivity contribution in [3.05, 3.63) is 29.3 Å². The van der Waals surface area contributed by atoms with Gasteiger partial charge in [0.15, 0.2) is 0 Å². The van der Waals surface area contributed by atoms with Crippen LogP contribution >= 0.6 is 0 Å². The summed E-state index contributed by atoms with van der Waals surface area (Å²) in [7, 11) is 0. The van der Waals surface area contributed by atoms with E-state index >= 15 is 0 Å². The molecule has 0 aliphatic rings. The zero-order valence-electron chi connectivity index (χ0n) is 10.6. The normalized spacial score (nSPS) is 11.1. The van der Waals surface area contributed by atoms with E-state index in [1.807, 2.05) is 52.8 Å². The van der Waals surface area contributed by atoms with E-state index in [1.165, 1.54) is 0 Å². The van der Waals surface area contributed by atoms with Gasteiger partial charge in [-0.05, 0) is 51.8 Å². The number of amides is 2. The van der Waals surface area contributed by atoms with Crippen LogP contribution in [0.3, 0.4) is 0 Å². The molecule has 0 heterocycles. The molecule has 1 aromatic rings. The monoisotopic (exact) mass is 220 g/mol. The predicted molar refractivity (Wildman–Crippen MR) is 67.8 cm³/mol. The van der Waals surface area contributed by atoms with E-state index in [0.29, 0.717) is 0 Å². The van der Waals surface area contributed by atoms with E-state index in [0.717, 1.165) is 16.8 Å². The van der Waals surface area contributed by atoms with Crippen LogP contribution < -0.4 is 10.6 Å². The molecule has 0 aromatic heterocycles. The maximum atomic E-state index is 11.7. The summed E-state index contributed by atoms with van der Waals surface area (Å²) in [6.45, 7) is 9.85. The fourth-order valence-corrected chi connectivity index (χ4v) is 1.36. The van der Waals surface area contributed by atoms with Crippen molar-refractivity contribution in [2.45, 2.75) is 40.2 Å². The summed E-state index contributed by atoms with van der Waals surface area (Å²) in [5.74, 6) is 0. The Labute approximate surface area is 97.2 Å². The van der Waals surface area contributed by atoms with E-state index in [1.54, 1.807) is 0 Å². The molecule has 16 heavy (non-hydrogen) atoms. The van der Waals surface area contributed by atoms with Crippen molar-refractivity contribution in [3.8, 4) is 0 Å². The minimum atomic E-state index is -0.220. The van der Waals surface area contributed by atoms with Crippen molar-refractivity contribution in [1.29, 1.82) is 0 Å². The van der Waals surface area contributed by atoms with Crippen LogP contribution in [0.2, 0.25) is 0 Å². The summed E-state index contributed by atoms with van der Waals surface area (Å²) >= 11 is 0.